The molecule has 1 rings (SSSR count). The summed E-state index contributed by atoms with van der Waals surface area (Å²) in [6.45, 7) is 2.77. The van der Waals surface area contributed by atoms with E-state index in [1.54, 1.807) is 12.1 Å². The summed E-state index contributed by atoms with van der Waals surface area (Å²) in [5, 5.41) is 0. The SMILES string of the molecule is CCCCCCCCCCCCOC(=O)c1cc(Br)cc(Br)c1. The second kappa shape index (κ2) is 13.0. The van der Waals surface area contributed by atoms with Gasteiger partial charge in [-0.15, -0.1) is 0 Å². The zero-order chi connectivity index (χ0) is 16.9. The third-order valence-corrected chi connectivity index (χ3v) is 4.74. The van der Waals surface area contributed by atoms with Crippen molar-refractivity contribution in [3.63, 3.8) is 0 Å². The van der Waals surface area contributed by atoms with Crippen molar-refractivity contribution in [2.75, 3.05) is 6.61 Å². The summed E-state index contributed by atoms with van der Waals surface area (Å²) in [7, 11) is 0. The van der Waals surface area contributed by atoms with Crippen LogP contribution in [0.25, 0.3) is 0 Å². The number of carbonyl (C=O) groups excluding carboxylic acids is 1. The third-order valence-electron chi connectivity index (χ3n) is 3.83. The molecule has 0 saturated carbocycles. The molecule has 0 aliphatic carbocycles. The first-order chi connectivity index (χ1) is 11.1. The lowest BCUT2D eigenvalue weighted by atomic mass is 10.1. The predicted molar refractivity (Wildman–Crippen MR) is 104 cm³/mol. The van der Waals surface area contributed by atoms with Crippen LogP contribution in [0, 0.1) is 0 Å². The Morgan fingerprint density at radius 1 is 0.826 bits per heavy atom. The van der Waals surface area contributed by atoms with E-state index in [0.717, 1.165) is 21.8 Å². The first kappa shape index (κ1) is 20.7. The molecule has 1 aromatic carbocycles. The normalized spacial score (nSPS) is 10.7. The van der Waals surface area contributed by atoms with Gasteiger partial charge in [-0.3, -0.25) is 0 Å². The van der Waals surface area contributed by atoms with Gasteiger partial charge in [-0.05, 0) is 24.6 Å². The lowest BCUT2D eigenvalue weighted by Gasteiger charge is -2.06. The summed E-state index contributed by atoms with van der Waals surface area (Å²) >= 11 is 6.76. The van der Waals surface area contributed by atoms with Crippen molar-refractivity contribution < 1.29 is 9.53 Å². The lowest BCUT2D eigenvalue weighted by molar-refractivity contribution is 0.0497. The number of ether oxygens (including phenoxy) is 1. The van der Waals surface area contributed by atoms with Crippen LogP contribution < -0.4 is 0 Å². The minimum absolute atomic E-state index is 0.247. The van der Waals surface area contributed by atoms with E-state index in [9.17, 15) is 4.79 Å². The van der Waals surface area contributed by atoms with Gasteiger partial charge in [0.1, 0.15) is 0 Å². The lowest BCUT2D eigenvalue weighted by Crippen LogP contribution is -2.06. The van der Waals surface area contributed by atoms with Crippen molar-refractivity contribution in [1.82, 2.24) is 0 Å². The Labute approximate surface area is 157 Å². The molecule has 0 fully saturated rings. The molecule has 0 heterocycles. The van der Waals surface area contributed by atoms with Crippen molar-refractivity contribution in [2.24, 2.45) is 0 Å². The Balaban J connectivity index is 2.01. The molecule has 0 bridgehead atoms. The highest BCUT2D eigenvalue weighted by Crippen LogP contribution is 2.20. The van der Waals surface area contributed by atoms with Crippen LogP contribution in [0.5, 0.6) is 0 Å². The molecule has 0 aliphatic rings. The third kappa shape index (κ3) is 10.2. The van der Waals surface area contributed by atoms with Gasteiger partial charge in [-0.1, -0.05) is 96.6 Å². The smallest absolute Gasteiger partial charge is 0.338 e. The largest absolute Gasteiger partial charge is 0.462 e. The predicted octanol–water partition coefficient (Wildman–Crippen LogP) is 7.29. The van der Waals surface area contributed by atoms with Crippen LogP contribution in [0.4, 0.5) is 0 Å². The molecule has 0 aromatic heterocycles. The van der Waals surface area contributed by atoms with Crippen LogP contribution in [0.15, 0.2) is 27.1 Å². The molecule has 0 amide bonds. The molecule has 0 saturated heterocycles. The Bertz CT molecular complexity index is 440. The fourth-order valence-corrected chi connectivity index (χ4v) is 3.80. The van der Waals surface area contributed by atoms with Crippen molar-refractivity contribution in [1.29, 1.82) is 0 Å². The Kier molecular flexibility index (Phi) is 11.7. The number of halogens is 2. The van der Waals surface area contributed by atoms with Gasteiger partial charge in [0.25, 0.3) is 0 Å². The molecule has 0 N–H and O–H groups in total. The molecule has 0 radical (unpaired) electrons. The second-order valence-corrected chi connectivity index (χ2v) is 7.81. The van der Waals surface area contributed by atoms with Gasteiger partial charge in [-0.25, -0.2) is 4.79 Å². The fraction of sp³-hybridized carbons (Fsp3) is 0.632. The number of esters is 1. The van der Waals surface area contributed by atoms with Crippen LogP contribution in [0.2, 0.25) is 0 Å². The van der Waals surface area contributed by atoms with Crippen LogP contribution in [0.1, 0.15) is 81.5 Å². The van der Waals surface area contributed by atoms with E-state index < -0.39 is 0 Å². The summed E-state index contributed by atoms with van der Waals surface area (Å²) in [4.78, 5) is 11.9. The molecule has 4 heteroatoms. The van der Waals surface area contributed by atoms with E-state index in [4.69, 9.17) is 4.74 Å². The molecular formula is C19H28Br2O2. The summed E-state index contributed by atoms with van der Waals surface area (Å²) in [6, 6.07) is 5.47. The molecule has 0 unspecified atom stereocenters. The molecule has 0 aliphatic heterocycles. The van der Waals surface area contributed by atoms with E-state index in [0.29, 0.717) is 12.2 Å². The fourth-order valence-electron chi connectivity index (χ4n) is 2.51. The van der Waals surface area contributed by atoms with E-state index in [2.05, 4.69) is 38.8 Å². The molecule has 130 valence electrons. The molecule has 23 heavy (non-hydrogen) atoms. The average Bonchev–Trinajstić information content (AvgIpc) is 2.51. The number of benzene rings is 1. The molecule has 0 spiro atoms. The van der Waals surface area contributed by atoms with E-state index >= 15 is 0 Å². The van der Waals surface area contributed by atoms with Crippen LogP contribution >= 0.6 is 31.9 Å². The van der Waals surface area contributed by atoms with E-state index in [-0.39, 0.29) is 5.97 Å². The highest BCUT2D eigenvalue weighted by molar-refractivity contribution is 9.11. The summed E-state index contributed by atoms with van der Waals surface area (Å²) < 4.78 is 7.08. The van der Waals surface area contributed by atoms with Crippen molar-refractivity contribution >= 4 is 37.8 Å². The zero-order valence-electron chi connectivity index (χ0n) is 14.1. The number of rotatable bonds is 12. The van der Waals surface area contributed by atoms with Crippen molar-refractivity contribution in [2.45, 2.75) is 71.1 Å². The summed E-state index contributed by atoms with van der Waals surface area (Å²) in [5.41, 5.74) is 0.582. The van der Waals surface area contributed by atoms with Gasteiger partial charge in [-0.2, -0.15) is 0 Å². The number of hydrogen-bond donors (Lipinski definition) is 0. The minimum Gasteiger partial charge on any atom is -0.462 e. The highest BCUT2D eigenvalue weighted by atomic mass is 79.9. The summed E-state index contributed by atoms with van der Waals surface area (Å²) in [6.07, 6.45) is 12.8. The number of carbonyl (C=O) groups is 1. The van der Waals surface area contributed by atoms with Gasteiger partial charge >= 0.3 is 5.97 Å². The Morgan fingerprint density at radius 2 is 1.30 bits per heavy atom. The molecule has 2 nitrogen and oxygen atoms in total. The van der Waals surface area contributed by atoms with Crippen molar-refractivity contribution in [3.05, 3.63) is 32.7 Å². The second-order valence-electron chi connectivity index (χ2n) is 5.98. The number of hydrogen-bond acceptors (Lipinski definition) is 2. The zero-order valence-corrected chi connectivity index (χ0v) is 17.3. The topological polar surface area (TPSA) is 26.3 Å². The maximum Gasteiger partial charge on any atom is 0.338 e. The molecule has 1 aromatic rings. The van der Waals surface area contributed by atoms with Crippen molar-refractivity contribution in [3.8, 4) is 0 Å². The van der Waals surface area contributed by atoms with Crippen LogP contribution in [-0.2, 0) is 4.74 Å². The van der Waals surface area contributed by atoms with Crippen LogP contribution in [-0.4, -0.2) is 12.6 Å². The minimum atomic E-state index is -0.247. The van der Waals surface area contributed by atoms with Gasteiger partial charge in [0.05, 0.1) is 12.2 Å². The molecular weight excluding hydrogens is 420 g/mol. The standard InChI is InChI=1S/C19H28Br2O2/c1-2-3-4-5-6-7-8-9-10-11-12-23-19(22)16-13-17(20)15-18(21)14-16/h13-15H,2-12H2,1H3. The monoisotopic (exact) mass is 446 g/mol. The number of unbranched alkanes of at least 4 members (excludes halogenated alkanes) is 9. The quantitative estimate of drug-likeness (QED) is 0.248. The summed E-state index contributed by atoms with van der Waals surface area (Å²) in [5.74, 6) is -0.247. The highest BCUT2D eigenvalue weighted by Gasteiger charge is 2.08. The van der Waals surface area contributed by atoms with Gasteiger partial charge in [0.15, 0.2) is 0 Å². The van der Waals surface area contributed by atoms with Gasteiger partial charge < -0.3 is 4.74 Å². The Hall–Kier alpha value is -0.350. The molecule has 0 atom stereocenters. The van der Waals surface area contributed by atoms with E-state index in [1.165, 1.54) is 51.4 Å². The first-order valence-corrected chi connectivity index (χ1v) is 10.4. The average molecular weight is 448 g/mol. The van der Waals surface area contributed by atoms with E-state index in [1.807, 2.05) is 6.07 Å². The van der Waals surface area contributed by atoms with Crippen LogP contribution in [0.3, 0.4) is 0 Å². The maximum absolute atomic E-state index is 11.9. The van der Waals surface area contributed by atoms with Gasteiger partial charge in [0, 0.05) is 8.95 Å². The van der Waals surface area contributed by atoms with Gasteiger partial charge in [0.2, 0.25) is 0 Å². The maximum atomic E-state index is 11.9. The Morgan fingerprint density at radius 3 is 1.83 bits per heavy atom. The first-order valence-electron chi connectivity index (χ1n) is 8.76.